The number of hydrogen-bond acceptors (Lipinski definition) is 7. The molecular formula is C30H26ClF3N6O4. The van der Waals surface area contributed by atoms with Crippen molar-refractivity contribution in [2.24, 2.45) is 0 Å². The van der Waals surface area contributed by atoms with Crippen LogP contribution in [0, 0.1) is 17.1 Å². The first kappa shape index (κ1) is 30.7. The first-order valence-corrected chi connectivity index (χ1v) is 14.1. The largest absolute Gasteiger partial charge is 0.449 e. The van der Waals surface area contributed by atoms with Crippen LogP contribution in [-0.4, -0.2) is 52.0 Å². The Labute approximate surface area is 255 Å². The molecular weight excluding hydrogens is 601 g/mol. The Bertz CT molecular complexity index is 1630. The molecule has 10 nitrogen and oxygen atoms in total. The second-order valence-corrected chi connectivity index (χ2v) is 11.0. The van der Waals surface area contributed by atoms with Gasteiger partial charge in [-0.1, -0.05) is 29.8 Å². The van der Waals surface area contributed by atoms with Crippen LogP contribution in [0.3, 0.4) is 0 Å². The summed E-state index contributed by atoms with van der Waals surface area (Å²) in [4.78, 5) is 51.4. The molecule has 2 fully saturated rings. The molecule has 228 valence electrons. The van der Waals surface area contributed by atoms with Crippen LogP contribution in [0.5, 0.6) is 0 Å². The van der Waals surface area contributed by atoms with E-state index in [1.807, 2.05) is 6.07 Å². The number of nitriles is 1. The number of nitrogens with zero attached hydrogens (tertiary/aromatic N) is 4. The lowest BCUT2D eigenvalue weighted by Crippen LogP contribution is -2.68. The molecule has 3 amide bonds. The highest BCUT2D eigenvalue weighted by Crippen LogP contribution is 2.45. The zero-order valence-electron chi connectivity index (χ0n) is 23.1. The number of anilines is 2. The first-order chi connectivity index (χ1) is 21.0. The summed E-state index contributed by atoms with van der Waals surface area (Å²) in [7, 11) is 0. The Balaban J connectivity index is 1.70. The van der Waals surface area contributed by atoms with Crippen molar-refractivity contribution in [2.75, 3.05) is 16.8 Å². The van der Waals surface area contributed by atoms with Gasteiger partial charge in [-0.2, -0.15) is 5.26 Å². The average Bonchev–Trinajstić information content (AvgIpc) is 2.99. The number of pyridine rings is 2. The smallest absolute Gasteiger partial charge is 0.416 e. The third-order valence-electron chi connectivity index (χ3n) is 7.77. The molecule has 3 aromatic rings. The van der Waals surface area contributed by atoms with Gasteiger partial charge in [0.1, 0.15) is 11.6 Å². The fourth-order valence-electron chi connectivity index (χ4n) is 5.67. The summed E-state index contributed by atoms with van der Waals surface area (Å²) < 4.78 is 47.3. The number of ether oxygens (including phenoxy) is 1. The lowest BCUT2D eigenvalue weighted by Gasteiger charge is -2.48. The highest BCUT2D eigenvalue weighted by Gasteiger charge is 2.60. The van der Waals surface area contributed by atoms with Crippen molar-refractivity contribution in [3.05, 3.63) is 83.0 Å². The second kappa shape index (κ2) is 12.5. The van der Waals surface area contributed by atoms with E-state index in [4.69, 9.17) is 16.3 Å². The number of hydrogen-bond donors (Lipinski definition) is 2. The molecule has 14 heteroatoms. The van der Waals surface area contributed by atoms with Gasteiger partial charge in [-0.15, -0.1) is 0 Å². The van der Waals surface area contributed by atoms with Crippen molar-refractivity contribution in [2.45, 2.75) is 55.5 Å². The van der Waals surface area contributed by atoms with Gasteiger partial charge < -0.3 is 15.4 Å². The number of carbonyl (C=O) groups is 3. The fraction of sp³-hybridized carbons (Fsp3) is 0.333. The summed E-state index contributed by atoms with van der Waals surface area (Å²) in [6.07, 6.45) is 1.14. The van der Waals surface area contributed by atoms with Gasteiger partial charge in [-0.25, -0.2) is 27.8 Å². The Morgan fingerprint density at radius 1 is 1.14 bits per heavy atom. The second-order valence-electron chi connectivity index (χ2n) is 10.6. The molecule has 44 heavy (non-hydrogen) atoms. The molecule has 1 unspecified atom stereocenters. The number of aromatic nitrogens is 2. The predicted molar refractivity (Wildman–Crippen MR) is 152 cm³/mol. The van der Waals surface area contributed by atoms with Crippen LogP contribution in [0.2, 0.25) is 5.02 Å². The zero-order chi connectivity index (χ0) is 31.5. The molecule has 1 saturated heterocycles. The van der Waals surface area contributed by atoms with Gasteiger partial charge in [0, 0.05) is 42.6 Å². The van der Waals surface area contributed by atoms with Crippen LogP contribution in [-0.2, 0) is 14.3 Å². The molecule has 2 aromatic heterocycles. The number of halogens is 4. The minimum Gasteiger partial charge on any atom is -0.449 e. The topological polar surface area (TPSA) is 137 Å². The van der Waals surface area contributed by atoms with Crippen LogP contribution in [0.15, 0.2) is 61.1 Å². The van der Waals surface area contributed by atoms with Crippen molar-refractivity contribution in [3.63, 3.8) is 0 Å². The molecule has 1 aliphatic heterocycles. The normalized spacial score (nSPS) is 20.6. The molecule has 1 aromatic carbocycles. The van der Waals surface area contributed by atoms with Crippen LogP contribution >= 0.6 is 11.6 Å². The minimum atomic E-state index is -2.86. The number of carbonyl (C=O) groups excluding carboxylic acids is 3. The number of rotatable bonds is 7. The number of benzene rings is 1. The van der Waals surface area contributed by atoms with Crippen LogP contribution in [0.25, 0.3) is 0 Å². The van der Waals surface area contributed by atoms with E-state index in [1.54, 1.807) is 12.1 Å². The minimum absolute atomic E-state index is 0.0142. The highest BCUT2D eigenvalue weighted by molar-refractivity contribution is 6.32. The van der Waals surface area contributed by atoms with Crippen LogP contribution < -0.4 is 15.5 Å². The van der Waals surface area contributed by atoms with Gasteiger partial charge in [-0.05, 0) is 36.6 Å². The van der Waals surface area contributed by atoms with Crippen molar-refractivity contribution >= 4 is 41.0 Å². The predicted octanol–water partition coefficient (Wildman–Crippen LogP) is 5.34. The quantitative estimate of drug-likeness (QED) is 0.361. The molecule has 2 N–H and O–H groups in total. The summed E-state index contributed by atoms with van der Waals surface area (Å²) in [6, 6.07) is 11.2. The Morgan fingerprint density at radius 2 is 1.89 bits per heavy atom. The molecule has 0 spiro atoms. The molecule has 0 bridgehead atoms. The Morgan fingerprint density at radius 3 is 2.59 bits per heavy atom. The van der Waals surface area contributed by atoms with E-state index >= 15 is 0 Å². The average molecular weight is 627 g/mol. The Kier molecular flexibility index (Phi) is 8.73. The first-order valence-electron chi connectivity index (χ1n) is 13.7. The standard InChI is InChI=1S/C30H26ClF3N6O4/c31-23-4-2-1-3-22(23)25(26(41)38-20-5-8-29(33,34)9-6-20)30(27(42)39-21-14-19(32)16-36-17-21)10-12-44-28(43)40(30)24-13-18(15-35)7-11-37-24/h1-4,7,11,13-14,16-17,20,25H,5-6,8-10,12H2,(H,38,41)(H,39,42)/t25-,30?/m1/s1. The van der Waals surface area contributed by atoms with Gasteiger partial charge in [-0.3, -0.25) is 14.6 Å². The molecule has 5 rings (SSSR count). The molecule has 3 heterocycles. The van der Waals surface area contributed by atoms with E-state index < -0.39 is 60.0 Å². The summed E-state index contributed by atoms with van der Waals surface area (Å²) in [5.41, 5.74) is -1.99. The van der Waals surface area contributed by atoms with Gasteiger partial charge in [0.15, 0.2) is 5.54 Å². The van der Waals surface area contributed by atoms with E-state index in [1.165, 1.54) is 36.7 Å². The maximum absolute atomic E-state index is 14.6. The van der Waals surface area contributed by atoms with Crippen molar-refractivity contribution in [1.29, 1.82) is 5.26 Å². The van der Waals surface area contributed by atoms with E-state index in [0.29, 0.717) is 0 Å². The summed E-state index contributed by atoms with van der Waals surface area (Å²) in [5.74, 6) is -7.04. The molecule has 2 aliphatic rings. The molecule has 0 radical (unpaired) electrons. The SMILES string of the molecule is N#Cc1ccnc(N2C(=O)OCCC2(C(=O)Nc2cncc(F)c2)[C@@H](C(=O)NC2CCC(F)(F)CC2)c2ccccc2Cl)c1. The molecule has 1 saturated carbocycles. The number of alkyl halides is 2. The highest BCUT2D eigenvalue weighted by atomic mass is 35.5. The maximum atomic E-state index is 14.6. The van der Waals surface area contributed by atoms with E-state index in [9.17, 15) is 32.8 Å². The van der Waals surface area contributed by atoms with Gasteiger partial charge >= 0.3 is 6.09 Å². The summed E-state index contributed by atoms with van der Waals surface area (Å²) in [5, 5.41) is 15.0. The van der Waals surface area contributed by atoms with Gasteiger partial charge in [0.2, 0.25) is 11.8 Å². The number of nitrogens with one attached hydrogen (secondary N) is 2. The number of amides is 3. The number of cyclic esters (lactones) is 1. The van der Waals surface area contributed by atoms with E-state index in [2.05, 4.69) is 20.6 Å². The maximum Gasteiger partial charge on any atom is 0.416 e. The van der Waals surface area contributed by atoms with Crippen LogP contribution in [0.4, 0.5) is 29.5 Å². The van der Waals surface area contributed by atoms with Gasteiger partial charge in [0.05, 0.1) is 42.2 Å². The third kappa shape index (κ3) is 6.16. The fourth-order valence-corrected chi connectivity index (χ4v) is 5.92. The lowest BCUT2D eigenvalue weighted by molar-refractivity contribution is -0.133. The van der Waals surface area contributed by atoms with E-state index in [-0.39, 0.29) is 53.5 Å². The lowest BCUT2D eigenvalue weighted by atomic mass is 9.73. The Hall–Kier alpha value is -4.70. The van der Waals surface area contributed by atoms with Crippen molar-refractivity contribution in [3.8, 4) is 6.07 Å². The van der Waals surface area contributed by atoms with E-state index in [0.717, 1.165) is 17.2 Å². The van der Waals surface area contributed by atoms with Crippen LogP contribution in [0.1, 0.15) is 49.1 Å². The summed E-state index contributed by atoms with van der Waals surface area (Å²) >= 11 is 6.62. The molecule has 1 aliphatic carbocycles. The monoisotopic (exact) mass is 626 g/mol. The molecule has 2 atom stereocenters. The van der Waals surface area contributed by atoms with Gasteiger partial charge in [0.25, 0.3) is 5.91 Å². The summed E-state index contributed by atoms with van der Waals surface area (Å²) in [6.45, 7) is -0.314. The third-order valence-corrected chi connectivity index (χ3v) is 8.11. The van der Waals surface area contributed by atoms with Crippen molar-refractivity contribution < 1.29 is 32.3 Å². The zero-order valence-corrected chi connectivity index (χ0v) is 23.9. The van der Waals surface area contributed by atoms with Crippen molar-refractivity contribution in [1.82, 2.24) is 15.3 Å².